The van der Waals surface area contributed by atoms with Crippen molar-refractivity contribution in [2.75, 3.05) is 26.5 Å². The molecule has 26 heavy (non-hydrogen) atoms. The Bertz CT molecular complexity index is 910. The summed E-state index contributed by atoms with van der Waals surface area (Å²) in [5, 5.41) is 7.98. The molecular weight excluding hydrogens is 362 g/mol. The molecule has 1 fully saturated rings. The number of sulfonamides is 1. The highest BCUT2D eigenvalue weighted by atomic mass is 32.2. The summed E-state index contributed by atoms with van der Waals surface area (Å²) >= 11 is 0. The van der Waals surface area contributed by atoms with Gasteiger partial charge in [-0.25, -0.2) is 8.42 Å². The van der Waals surface area contributed by atoms with Crippen LogP contribution in [0.1, 0.15) is 37.7 Å². The quantitative estimate of drug-likeness (QED) is 0.788. The van der Waals surface area contributed by atoms with Gasteiger partial charge in [0.2, 0.25) is 28.6 Å². The highest BCUT2D eigenvalue weighted by molar-refractivity contribution is 7.89. The van der Waals surface area contributed by atoms with Gasteiger partial charge in [-0.05, 0) is 12.1 Å². The molecule has 0 spiro atoms. The van der Waals surface area contributed by atoms with E-state index in [-0.39, 0.29) is 37.3 Å². The average molecular weight is 381 g/mol. The van der Waals surface area contributed by atoms with Crippen LogP contribution in [0.5, 0.6) is 11.5 Å². The van der Waals surface area contributed by atoms with Crippen LogP contribution in [0.3, 0.4) is 0 Å². The molecule has 1 aromatic carbocycles. The maximum atomic E-state index is 13.0. The van der Waals surface area contributed by atoms with Crippen molar-refractivity contribution < 1.29 is 27.0 Å². The summed E-state index contributed by atoms with van der Waals surface area (Å²) in [6, 6.07) is 4.59. The molecule has 10 heteroatoms. The second-order valence-electron chi connectivity index (χ2n) is 6.37. The lowest BCUT2D eigenvalue weighted by Gasteiger charge is -2.30. The van der Waals surface area contributed by atoms with Crippen molar-refractivity contribution in [1.29, 1.82) is 0 Å². The molecule has 4 rings (SSSR count). The smallest absolute Gasteiger partial charge is 0.246 e. The zero-order valence-electron chi connectivity index (χ0n) is 14.4. The summed E-state index contributed by atoms with van der Waals surface area (Å²) < 4.78 is 49.1. The predicted octanol–water partition coefficient (Wildman–Crippen LogP) is 1.68. The van der Waals surface area contributed by atoms with Crippen LogP contribution in [0, 0.1) is 0 Å². The van der Waals surface area contributed by atoms with Crippen LogP contribution in [0.4, 0.5) is 0 Å². The second kappa shape index (κ2) is 6.53. The van der Waals surface area contributed by atoms with Gasteiger partial charge in [-0.3, -0.25) is 0 Å². The fraction of sp³-hybridized carbons (Fsp3) is 0.500. The standard InChI is InChI=1S/C16H19N3O6S/c1-10(2)15-17-18-16(25-15)14-8-19(5-6-22-14)26(20,21)11-3-4-12-13(7-11)24-9-23-12/h3-4,7,10,14H,5-6,8-9H2,1-2H3/t14-/m0/s1. The molecule has 140 valence electrons. The minimum Gasteiger partial charge on any atom is -0.454 e. The first-order valence-electron chi connectivity index (χ1n) is 8.30. The SMILES string of the molecule is CC(C)c1nnc([C@@H]2CN(S(=O)(=O)c3ccc4c(c3)OCO4)CCO2)o1. The molecule has 0 saturated carbocycles. The van der Waals surface area contributed by atoms with Crippen molar-refractivity contribution in [3.05, 3.63) is 30.0 Å². The lowest BCUT2D eigenvalue weighted by Crippen LogP contribution is -2.42. The minimum atomic E-state index is -3.71. The van der Waals surface area contributed by atoms with E-state index in [1.165, 1.54) is 16.4 Å². The Morgan fingerprint density at radius 1 is 1.19 bits per heavy atom. The van der Waals surface area contributed by atoms with E-state index in [0.717, 1.165) is 0 Å². The average Bonchev–Trinajstić information content (AvgIpc) is 3.30. The van der Waals surface area contributed by atoms with Crippen LogP contribution >= 0.6 is 0 Å². The van der Waals surface area contributed by atoms with Crippen LogP contribution in [0.2, 0.25) is 0 Å². The maximum Gasteiger partial charge on any atom is 0.246 e. The number of nitrogens with zero attached hydrogens (tertiary/aromatic N) is 3. The summed E-state index contributed by atoms with van der Waals surface area (Å²) in [4.78, 5) is 0.149. The van der Waals surface area contributed by atoms with Crippen molar-refractivity contribution in [2.24, 2.45) is 0 Å². The van der Waals surface area contributed by atoms with Gasteiger partial charge in [0.15, 0.2) is 11.5 Å². The summed E-state index contributed by atoms with van der Waals surface area (Å²) in [7, 11) is -3.71. The molecule has 2 aliphatic heterocycles. The first-order chi connectivity index (χ1) is 12.4. The number of morpholine rings is 1. The Morgan fingerprint density at radius 2 is 2.00 bits per heavy atom. The monoisotopic (exact) mass is 381 g/mol. The Balaban J connectivity index is 1.56. The fourth-order valence-corrected chi connectivity index (χ4v) is 4.23. The summed E-state index contributed by atoms with van der Waals surface area (Å²) in [6.45, 7) is 4.57. The van der Waals surface area contributed by atoms with Crippen molar-refractivity contribution in [2.45, 2.75) is 30.8 Å². The molecule has 2 aliphatic rings. The summed E-state index contributed by atoms with van der Waals surface area (Å²) in [5.74, 6) is 1.84. The highest BCUT2D eigenvalue weighted by Gasteiger charge is 2.35. The Kier molecular flexibility index (Phi) is 4.33. The predicted molar refractivity (Wildman–Crippen MR) is 88.4 cm³/mol. The topological polar surface area (TPSA) is 104 Å². The van der Waals surface area contributed by atoms with E-state index in [1.54, 1.807) is 6.07 Å². The van der Waals surface area contributed by atoms with Gasteiger partial charge in [-0.15, -0.1) is 10.2 Å². The van der Waals surface area contributed by atoms with Gasteiger partial charge in [0, 0.05) is 25.1 Å². The third kappa shape index (κ3) is 3.04. The van der Waals surface area contributed by atoms with Crippen LogP contribution in [-0.2, 0) is 14.8 Å². The number of rotatable bonds is 4. The van der Waals surface area contributed by atoms with Gasteiger partial charge in [0.25, 0.3) is 0 Å². The van der Waals surface area contributed by atoms with Crippen LogP contribution in [0.15, 0.2) is 27.5 Å². The van der Waals surface area contributed by atoms with E-state index >= 15 is 0 Å². The molecule has 0 aliphatic carbocycles. The van der Waals surface area contributed by atoms with Crippen LogP contribution < -0.4 is 9.47 Å². The molecule has 0 amide bonds. The third-order valence-corrected chi connectivity index (χ3v) is 6.10. The number of hydrogen-bond donors (Lipinski definition) is 0. The van der Waals surface area contributed by atoms with Gasteiger partial charge in [0.05, 0.1) is 11.5 Å². The van der Waals surface area contributed by atoms with Gasteiger partial charge < -0.3 is 18.6 Å². The first kappa shape index (κ1) is 17.3. The molecule has 1 aromatic heterocycles. The number of hydrogen-bond acceptors (Lipinski definition) is 8. The molecule has 0 N–H and O–H groups in total. The summed E-state index contributed by atoms with van der Waals surface area (Å²) in [5.41, 5.74) is 0. The summed E-state index contributed by atoms with van der Waals surface area (Å²) in [6.07, 6.45) is -0.590. The Hall–Kier alpha value is -2.17. The van der Waals surface area contributed by atoms with Gasteiger partial charge in [-0.1, -0.05) is 13.8 Å². The van der Waals surface area contributed by atoms with E-state index in [2.05, 4.69) is 10.2 Å². The highest BCUT2D eigenvalue weighted by Crippen LogP contribution is 2.35. The lowest BCUT2D eigenvalue weighted by molar-refractivity contribution is -0.0179. The Morgan fingerprint density at radius 3 is 2.77 bits per heavy atom. The molecule has 0 unspecified atom stereocenters. The van der Waals surface area contributed by atoms with Gasteiger partial charge in [-0.2, -0.15) is 4.31 Å². The van der Waals surface area contributed by atoms with Crippen molar-refractivity contribution in [1.82, 2.24) is 14.5 Å². The van der Waals surface area contributed by atoms with E-state index < -0.39 is 16.1 Å². The number of benzene rings is 1. The van der Waals surface area contributed by atoms with Crippen LogP contribution in [-0.4, -0.2) is 49.4 Å². The normalized spacial score (nSPS) is 20.7. The minimum absolute atomic E-state index is 0.0910. The molecule has 0 bridgehead atoms. The van der Waals surface area contributed by atoms with E-state index in [4.69, 9.17) is 18.6 Å². The number of fused-ring (bicyclic) bond motifs is 1. The van der Waals surface area contributed by atoms with Gasteiger partial charge >= 0.3 is 0 Å². The molecular formula is C16H19N3O6S. The molecule has 9 nitrogen and oxygen atoms in total. The lowest BCUT2D eigenvalue weighted by atomic mass is 10.2. The van der Waals surface area contributed by atoms with E-state index in [0.29, 0.717) is 23.3 Å². The van der Waals surface area contributed by atoms with Gasteiger partial charge in [0.1, 0.15) is 6.10 Å². The molecule has 2 aromatic rings. The second-order valence-corrected chi connectivity index (χ2v) is 8.31. The number of ether oxygens (including phenoxy) is 3. The van der Waals surface area contributed by atoms with E-state index in [9.17, 15) is 8.42 Å². The zero-order valence-corrected chi connectivity index (χ0v) is 15.2. The molecule has 1 saturated heterocycles. The number of aromatic nitrogens is 2. The third-order valence-electron chi connectivity index (χ3n) is 4.24. The largest absolute Gasteiger partial charge is 0.454 e. The van der Waals surface area contributed by atoms with Crippen molar-refractivity contribution in [3.63, 3.8) is 0 Å². The molecule has 0 radical (unpaired) electrons. The maximum absolute atomic E-state index is 13.0. The first-order valence-corrected chi connectivity index (χ1v) is 9.74. The van der Waals surface area contributed by atoms with E-state index in [1.807, 2.05) is 13.8 Å². The molecule has 1 atom stereocenters. The zero-order chi connectivity index (χ0) is 18.3. The van der Waals surface area contributed by atoms with Crippen molar-refractivity contribution in [3.8, 4) is 11.5 Å². The fourth-order valence-electron chi connectivity index (χ4n) is 2.79. The van der Waals surface area contributed by atoms with Crippen LogP contribution in [0.25, 0.3) is 0 Å². The Labute approximate surface area is 150 Å². The van der Waals surface area contributed by atoms with Crippen molar-refractivity contribution >= 4 is 10.0 Å². The molecule has 3 heterocycles.